The minimum Gasteiger partial charge on any atom is -0.342 e. The number of carbonyl (C=O) groups is 2. The number of likely N-dealkylation sites (tertiary alicyclic amines) is 1. The maximum atomic E-state index is 12.5. The number of hydrogen-bond acceptors (Lipinski definition) is 7. The van der Waals surface area contributed by atoms with Gasteiger partial charge in [-0.15, -0.1) is 11.3 Å². The van der Waals surface area contributed by atoms with Crippen molar-refractivity contribution in [3.05, 3.63) is 35.8 Å². The second kappa shape index (κ2) is 9.54. The number of thiazole rings is 1. The van der Waals surface area contributed by atoms with Crippen LogP contribution in [0.3, 0.4) is 0 Å². The lowest BCUT2D eigenvalue weighted by molar-refractivity contribution is -0.128. The molecule has 1 aliphatic heterocycles. The van der Waals surface area contributed by atoms with Gasteiger partial charge >= 0.3 is 0 Å². The maximum absolute atomic E-state index is 12.5. The topological polar surface area (TPSA) is 112 Å². The van der Waals surface area contributed by atoms with Crippen molar-refractivity contribution < 1.29 is 18.0 Å². The van der Waals surface area contributed by atoms with Crippen LogP contribution in [0.25, 0.3) is 0 Å². The number of anilines is 2. The van der Waals surface area contributed by atoms with Crippen LogP contribution >= 0.6 is 11.3 Å². The van der Waals surface area contributed by atoms with Crippen LogP contribution in [-0.2, 0) is 19.6 Å². The van der Waals surface area contributed by atoms with Crippen molar-refractivity contribution in [3.8, 4) is 0 Å². The van der Waals surface area contributed by atoms with Crippen LogP contribution in [0.1, 0.15) is 12.8 Å². The summed E-state index contributed by atoms with van der Waals surface area (Å²) in [6.45, 7) is 1.93. The Morgan fingerprint density at radius 3 is 2.67 bits per heavy atom. The largest absolute Gasteiger partial charge is 0.342 e. The second-order valence-electron chi connectivity index (χ2n) is 7.35. The molecule has 1 aliphatic rings. The number of hydrogen-bond donors (Lipinski definition) is 2. The summed E-state index contributed by atoms with van der Waals surface area (Å²) in [5, 5.41) is 4.73. The average molecular weight is 452 g/mol. The van der Waals surface area contributed by atoms with Crippen molar-refractivity contribution in [1.29, 1.82) is 0 Å². The van der Waals surface area contributed by atoms with Crippen LogP contribution in [0.2, 0.25) is 0 Å². The van der Waals surface area contributed by atoms with E-state index in [-0.39, 0.29) is 28.3 Å². The Morgan fingerprint density at radius 1 is 1.30 bits per heavy atom. The zero-order chi connectivity index (χ0) is 21.7. The van der Waals surface area contributed by atoms with Crippen LogP contribution in [0.15, 0.2) is 40.7 Å². The minimum absolute atomic E-state index is 0.0105. The van der Waals surface area contributed by atoms with Gasteiger partial charge < -0.3 is 15.1 Å². The Bertz CT molecular complexity index is 975. The van der Waals surface area contributed by atoms with Gasteiger partial charge in [-0.1, -0.05) is 0 Å². The molecule has 2 aromatic rings. The predicted octanol–water partition coefficient (Wildman–Crippen LogP) is 1.68. The van der Waals surface area contributed by atoms with Crippen LogP contribution in [0.5, 0.6) is 0 Å². The molecule has 1 atom stereocenters. The fourth-order valence-corrected chi connectivity index (χ4v) is 4.94. The summed E-state index contributed by atoms with van der Waals surface area (Å²) in [5.74, 6) is -0.662. The number of nitrogens with one attached hydrogen (secondary N) is 2. The zero-order valence-corrected chi connectivity index (χ0v) is 18.5. The van der Waals surface area contributed by atoms with Gasteiger partial charge in [0.1, 0.15) is 0 Å². The van der Waals surface area contributed by atoms with Crippen molar-refractivity contribution in [2.75, 3.05) is 43.8 Å². The first-order chi connectivity index (χ1) is 14.2. The van der Waals surface area contributed by atoms with E-state index in [1.54, 1.807) is 10.3 Å². The first-order valence-corrected chi connectivity index (χ1v) is 11.9. The molecule has 30 heavy (non-hydrogen) atoms. The molecule has 1 unspecified atom stereocenters. The molecule has 1 saturated heterocycles. The Kier molecular flexibility index (Phi) is 7.06. The van der Waals surface area contributed by atoms with Crippen molar-refractivity contribution in [1.82, 2.24) is 14.8 Å². The van der Waals surface area contributed by atoms with Gasteiger partial charge in [-0.05, 0) is 51.3 Å². The van der Waals surface area contributed by atoms with E-state index in [0.717, 1.165) is 13.0 Å². The smallest absolute Gasteiger partial charge is 0.263 e. The molecule has 2 amide bonds. The monoisotopic (exact) mass is 451 g/mol. The number of sulfonamides is 1. The highest BCUT2D eigenvalue weighted by molar-refractivity contribution is 7.93. The molecule has 0 spiro atoms. The third kappa shape index (κ3) is 5.77. The van der Waals surface area contributed by atoms with Crippen molar-refractivity contribution in [2.45, 2.75) is 17.7 Å². The molecule has 2 heterocycles. The molecule has 0 bridgehead atoms. The molecule has 11 heteroatoms. The van der Waals surface area contributed by atoms with E-state index >= 15 is 0 Å². The summed E-state index contributed by atoms with van der Waals surface area (Å²) in [7, 11) is 0.216. The van der Waals surface area contributed by atoms with E-state index in [1.807, 2.05) is 14.1 Å². The lowest BCUT2D eigenvalue weighted by Gasteiger charge is -2.18. The minimum atomic E-state index is -3.74. The zero-order valence-electron chi connectivity index (χ0n) is 16.9. The van der Waals surface area contributed by atoms with E-state index in [2.05, 4.69) is 19.9 Å². The predicted molar refractivity (Wildman–Crippen MR) is 116 cm³/mol. The highest BCUT2D eigenvalue weighted by Gasteiger charge is 2.34. The molecule has 3 rings (SSSR count). The lowest BCUT2D eigenvalue weighted by Crippen LogP contribution is -2.30. The molecular formula is C19H25N5O4S2. The van der Waals surface area contributed by atoms with Gasteiger partial charge in [0, 0.05) is 36.8 Å². The number of rotatable bonds is 9. The number of carbonyl (C=O) groups excluding carboxylic acids is 2. The highest BCUT2D eigenvalue weighted by Crippen LogP contribution is 2.22. The van der Waals surface area contributed by atoms with Gasteiger partial charge in [-0.25, -0.2) is 13.4 Å². The van der Waals surface area contributed by atoms with Gasteiger partial charge in [0.05, 0.1) is 10.8 Å². The Balaban J connectivity index is 1.55. The van der Waals surface area contributed by atoms with Gasteiger partial charge in [-0.2, -0.15) is 0 Å². The second-order valence-corrected chi connectivity index (χ2v) is 9.93. The van der Waals surface area contributed by atoms with E-state index in [0.29, 0.717) is 18.8 Å². The van der Waals surface area contributed by atoms with Gasteiger partial charge in [0.25, 0.3) is 10.0 Å². The molecule has 2 N–H and O–H groups in total. The lowest BCUT2D eigenvalue weighted by atomic mass is 10.1. The van der Waals surface area contributed by atoms with Gasteiger partial charge in [0.15, 0.2) is 5.13 Å². The normalized spacial score (nSPS) is 16.8. The van der Waals surface area contributed by atoms with E-state index in [9.17, 15) is 18.0 Å². The van der Waals surface area contributed by atoms with Gasteiger partial charge in [0.2, 0.25) is 11.8 Å². The first-order valence-electron chi connectivity index (χ1n) is 9.50. The Labute approximate surface area is 180 Å². The fraction of sp³-hybridized carbons (Fsp3) is 0.421. The van der Waals surface area contributed by atoms with E-state index < -0.39 is 15.9 Å². The summed E-state index contributed by atoms with van der Waals surface area (Å²) >= 11 is 1.18. The van der Waals surface area contributed by atoms with Crippen LogP contribution < -0.4 is 10.0 Å². The first kappa shape index (κ1) is 22.2. The van der Waals surface area contributed by atoms with Crippen LogP contribution in [0, 0.1) is 5.92 Å². The summed E-state index contributed by atoms with van der Waals surface area (Å²) < 4.78 is 27.1. The molecular weight excluding hydrogens is 426 g/mol. The number of aromatic nitrogens is 1. The highest BCUT2D eigenvalue weighted by atomic mass is 32.2. The Morgan fingerprint density at radius 2 is 2.03 bits per heavy atom. The molecule has 1 aromatic heterocycles. The number of benzene rings is 1. The molecule has 0 aliphatic carbocycles. The standard InChI is InChI=1S/C19H25N5O4S2/c1-23(2)9-3-10-24-13-14(12-17(24)25)18(26)21-15-4-6-16(7-5-15)30(27,28)22-19-20-8-11-29-19/h4-8,11,14H,3,9-10,12-13H2,1-2H3,(H,20,22)(H,21,26). The third-order valence-corrected chi connectivity index (χ3v) is 6.88. The Hall–Kier alpha value is -2.50. The summed E-state index contributed by atoms with van der Waals surface area (Å²) in [6, 6.07) is 5.89. The SMILES string of the molecule is CN(C)CCCN1CC(C(=O)Nc2ccc(S(=O)(=O)Nc3nccs3)cc2)CC1=O. The van der Waals surface area contributed by atoms with Crippen LogP contribution in [0.4, 0.5) is 10.8 Å². The number of nitrogens with zero attached hydrogens (tertiary/aromatic N) is 3. The van der Waals surface area contributed by atoms with E-state index in [4.69, 9.17) is 0 Å². The molecule has 162 valence electrons. The van der Waals surface area contributed by atoms with Crippen molar-refractivity contribution in [2.24, 2.45) is 5.92 Å². The maximum Gasteiger partial charge on any atom is 0.263 e. The van der Waals surface area contributed by atoms with E-state index in [1.165, 1.54) is 41.8 Å². The summed E-state index contributed by atoms with van der Waals surface area (Å²) in [5.41, 5.74) is 0.478. The van der Waals surface area contributed by atoms with Crippen molar-refractivity contribution >= 4 is 44.0 Å². The molecule has 1 aromatic carbocycles. The molecule has 0 radical (unpaired) electrons. The molecule has 0 saturated carbocycles. The fourth-order valence-electron chi connectivity index (χ4n) is 3.15. The summed E-state index contributed by atoms with van der Waals surface area (Å²) in [4.78, 5) is 32.5. The summed E-state index contributed by atoms with van der Waals surface area (Å²) in [6.07, 6.45) is 2.56. The molecule has 1 fully saturated rings. The van der Waals surface area contributed by atoms with Crippen LogP contribution in [-0.4, -0.2) is 68.7 Å². The quantitative estimate of drug-likeness (QED) is 0.600. The third-order valence-electron chi connectivity index (χ3n) is 4.70. The number of amides is 2. The average Bonchev–Trinajstić information content (AvgIpc) is 3.31. The molecule has 9 nitrogen and oxygen atoms in total. The van der Waals surface area contributed by atoms with Crippen molar-refractivity contribution in [3.63, 3.8) is 0 Å². The van der Waals surface area contributed by atoms with Gasteiger partial charge in [-0.3, -0.25) is 14.3 Å².